The van der Waals surface area contributed by atoms with Gasteiger partial charge in [-0.2, -0.15) is 0 Å². The van der Waals surface area contributed by atoms with Gasteiger partial charge in [0.05, 0.1) is 24.8 Å². The molecule has 3 aromatic rings. The van der Waals surface area contributed by atoms with Gasteiger partial charge in [0.15, 0.2) is 11.5 Å². The average molecular weight is 665 g/mol. The van der Waals surface area contributed by atoms with Gasteiger partial charge in [-0.3, -0.25) is 13.9 Å². The van der Waals surface area contributed by atoms with Crippen molar-refractivity contribution >= 4 is 50.7 Å². The van der Waals surface area contributed by atoms with Crippen molar-refractivity contribution in [3.05, 3.63) is 81.8 Å². The molecule has 0 fully saturated rings. The quantitative estimate of drug-likeness (QED) is 0.219. The standard InChI is InChI=1S/C32H39Cl2N3O6S/c1-7-22(4)35-32(39)28(8-2)36(19-23-11-12-24(33)17-27(23)34)31(38)20-37(25-13-9-21(3)10-14-25)44(40,41)26-15-16-29(42-5)30(18-26)43-6/h9-18,22,28H,7-8,19-20H2,1-6H3,(H,35,39). The first-order chi connectivity index (χ1) is 20.9. The Bertz CT molecular complexity index is 1570. The summed E-state index contributed by atoms with van der Waals surface area (Å²) in [5.74, 6) is -0.360. The Kier molecular flexibility index (Phi) is 12.3. The molecule has 2 amide bonds. The van der Waals surface area contributed by atoms with Crippen molar-refractivity contribution in [3.63, 3.8) is 0 Å². The molecule has 0 saturated carbocycles. The molecule has 0 saturated heterocycles. The number of nitrogens with zero attached hydrogens (tertiary/aromatic N) is 2. The van der Waals surface area contributed by atoms with E-state index in [-0.39, 0.29) is 41.2 Å². The molecule has 0 heterocycles. The summed E-state index contributed by atoms with van der Waals surface area (Å²) in [6, 6.07) is 14.9. The van der Waals surface area contributed by atoms with Gasteiger partial charge in [-0.05, 0) is 68.7 Å². The molecule has 0 bridgehead atoms. The van der Waals surface area contributed by atoms with E-state index in [1.807, 2.05) is 20.8 Å². The molecule has 0 aromatic heterocycles. The maximum absolute atomic E-state index is 14.3. The summed E-state index contributed by atoms with van der Waals surface area (Å²) in [5, 5.41) is 3.69. The molecule has 238 valence electrons. The van der Waals surface area contributed by atoms with Gasteiger partial charge in [-0.1, -0.05) is 60.8 Å². The van der Waals surface area contributed by atoms with Crippen LogP contribution in [0.25, 0.3) is 0 Å². The second-order valence-corrected chi connectivity index (χ2v) is 13.1. The largest absolute Gasteiger partial charge is 0.493 e. The topological polar surface area (TPSA) is 105 Å². The van der Waals surface area contributed by atoms with Crippen LogP contribution in [-0.2, 0) is 26.2 Å². The summed E-state index contributed by atoms with van der Waals surface area (Å²) >= 11 is 12.6. The van der Waals surface area contributed by atoms with Crippen LogP contribution < -0.4 is 19.1 Å². The lowest BCUT2D eigenvalue weighted by molar-refractivity contribution is -0.140. The van der Waals surface area contributed by atoms with Crippen molar-refractivity contribution in [2.75, 3.05) is 25.1 Å². The fraction of sp³-hybridized carbons (Fsp3) is 0.375. The first-order valence-electron chi connectivity index (χ1n) is 14.2. The van der Waals surface area contributed by atoms with Crippen LogP contribution in [0.15, 0.2) is 65.6 Å². The number of aryl methyl sites for hydroxylation is 1. The lowest BCUT2D eigenvalue weighted by atomic mass is 10.1. The van der Waals surface area contributed by atoms with Crippen LogP contribution in [-0.4, -0.2) is 58.0 Å². The number of amides is 2. The summed E-state index contributed by atoms with van der Waals surface area (Å²) in [6.07, 6.45) is 0.982. The third kappa shape index (κ3) is 8.37. The van der Waals surface area contributed by atoms with Gasteiger partial charge >= 0.3 is 0 Å². The number of methoxy groups -OCH3 is 2. The van der Waals surface area contributed by atoms with Gasteiger partial charge in [-0.25, -0.2) is 8.42 Å². The number of anilines is 1. The molecular weight excluding hydrogens is 625 g/mol. The van der Waals surface area contributed by atoms with E-state index in [1.165, 1.54) is 37.3 Å². The van der Waals surface area contributed by atoms with Gasteiger partial charge in [0.25, 0.3) is 10.0 Å². The van der Waals surface area contributed by atoms with Crippen molar-refractivity contribution in [1.82, 2.24) is 10.2 Å². The highest BCUT2D eigenvalue weighted by Crippen LogP contribution is 2.33. The van der Waals surface area contributed by atoms with E-state index in [9.17, 15) is 18.0 Å². The highest BCUT2D eigenvalue weighted by atomic mass is 35.5. The summed E-state index contributed by atoms with van der Waals surface area (Å²) in [4.78, 5) is 29.0. The van der Waals surface area contributed by atoms with Gasteiger partial charge in [0.2, 0.25) is 11.8 Å². The number of ether oxygens (including phenoxy) is 2. The summed E-state index contributed by atoms with van der Waals surface area (Å²) in [6.45, 7) is 6.87. The van der Waals surface area contributed by atoms with E-state index in [2.05, 4.69) is 5.32 Å². The van der Waals surface area contributed by atoms with E-state index in [1.54, 1.807) is 49.4 Å². The molecule has 1 N–H and O–H groups in total. The fourth-order valence-corrected chi connectivity index (χ4v) is 6.44. The van der Waals surface area contributed by atoms with Crippen LogP contribution in [0.1, 0.15) is 44.7 Å². The maximum atomic E-state index is 14.3. The third-order valence-corrected chi connectivity index (χ3v) is 9.64. The van der Waals surface area contributed by atoms with Crippen molar-refractivity contribution in [2.24, 2.45) is 0 Å². The number of benzene rings is 3. The molecule has 3 rings (SSSR count). The van der Waals surface area contributed by atoms with E-state index in [0.29, 0.717) is 27.8 Å². The van der Waals surface area contributed by atoms with Crippen molar-refractivity contribution in [2.45, 2.75) is 64.1 Å². The minimum atomic E-state index is -4.31. The molecule has 0 radical (unpaired) electrons. The molecule has 0 aliphatic rings. The van der Waals surface area contributed by atoms with Gasteiger partial charge in [-0.15, -0.1) is 0 Å². The molecule has 9 nitrogen and oxygen atoms in total. The lowest BCUT2D eigenvalue weighted by Gasteiger charge is -2.34. The fourth-order valence-electron chi connectivity index (χ4n) is 4.54. The number of halogens is 2. The molecule has 0 aliphatic heterocycles. The smallest absolute Gasteiger partial charge is 0.264 e. The molecule has 3 aromatic carbocycles. The Morgan fingerprint density at radius 3 is 2.14 bits per heavy atom. The summed E-state index contributed by atoms with van der Waals surface area (Å²) in [7, 11) is -1.45. The molecule has 2 unspecified atom stereocenters. The number of rotatable bonds is 14. The molecule has 0 spiro atoms. The van der Waals surface area contributed by atoms with Crippen LogP contribution in [0.2, 0.25) is 10.0 Å². The maximum Gasteiger partial charge on any atom is 0.264 e. The first kappa shape index (κ1) is 35.0. The van der Waals surface area contributed by atoms with E-state index < -0.39 is 28.5 Å². The number of carbonyl (C=O) groups excluding carboxylic acids is 2. The van der Waals surface area contributed by atoms with Crippen LogP contribution in [0.4, 0.5) is 5.69 Å². The monoisotopic (exact) mass is 663 g/mol. The Hall–Kier alpha value is -3.47. The average Bonchev–Trinajstić information content (AvgIpc) is 3.00. The van der Waals surface area contributed by atoms with Crippen molar-refractivity contribution in [3.8, 4) is 11.5 Å². The molecular formula is C32H39Cl2N3O6S. The number of nitrogens with one attached hydrogen (secondary N) is 1. The predicted molar refractivity (Wildman–Crippen MR) is 174 cm³/mol. The zero-order chi connectivity index (χ0) is 32.6. The van der Waals surface area contributed by atoms with Crippen molar-refractivity contribution in [1.29, 1.82) is 0 Å². The number of carbonyl (C=O) groups is 2. The minimum Gasteiger partial charge on any atom is -0.493 e. The second-order valence-electron chi connectivity index (χ2n) is 10.4. The number of sulfonamides is 1. The van der Waals surface area contributed by atoms with Crippen LogP contribution in [0.5, 0.6) is 11.5 Å². The Morgan fingerprint density at radius 1 is 0.909 bits per heavy atom. The number of hydrogen-bond donors (Lipinski definition) is 1. The first-order valence-corrected chi connectivity index (χ1v) is 16.4. The van der Waals surface area contributed by atoms with Crippen LogP contribution in [0, 0.1) is 6.92 Å². The Morgan fingerprint density at radius 2 is 1.57 bits per heavy atom. The third-order valence-electron chi connectivity index (χ3n) is 7.29. The molecule has 12 heteroatoms. The second kappa shape index (κ2) is 15.5. The van der Waals surface area contributed by atoms with Gasteiger partial charge < -0.3 is 19.7 Å². The normalized spacial score (nSPS) is 12.6. The van der Waals surface area contributed by atoms with Crippen LogP contribution in [0.3, 0.4) is 0 Å². The van der Waals surface area contributed by atoms with E-state index in [0.717, 1.165) is 9.87 Å². The van der Waals surface area contributed by atoms with Gasteiger partial charge in [0, 0.05) is 28.7 Å². The van der Waals surface area contributed by atoms with Crippen LogP contribution >= 0.6 is 23.2 Å². The molecule has 44 heavy (non-hydrogen) atoms. The zero-order valence-electron chi connectivity index (χ0n) is 25.8. The molecule has 0 aliphatic carbocycles. The zero-order valence-corrected chi connectivity index (χ0v) is 28.1. The van der Waals surface area contributed by atoms with E-state index >= 15 is 0 Å². The number of hydrogen-bond acceptors (Lipinski definition) is 6. The predicted octanol–water partition coefficient (Wildman–Crippen LogP) is 6.24. The highest BCUT2D eigenvalue weighted by molar-refractivity contribution is 7.92. The Labute approximate surface area is 270 Å². The highest BCUT2D eigenvalue weighted by Gasteiger charge is 2.34. The van der Waals surface area contributed by atoms with E-state index in [4.69, 9.17) is 32.7 Å². The summed E-state index contributed by atoms with van der Waals surface area (Å²) in [5.41, 5.74) is 1.75. The van der Waals surface area contributed by atoms with Crippen molar-refractivity contribution < 1.29 is 27.5 Å². The minimum absolute atomic E-state index is 0.0422. The Balaban J connectivity index is 2.12. The lowest BCUT2D eigenvalue weighted by Crippen LogP contribution is -2.53. The van der Waals surface area contributed by atoms with Gasteiger partial charge in [0.1, 0.15) is 12.6 Å². The molecule has 2 atom stereocenters. The summed E-state index contributed by atoms with van der Waals surface area (Å²) < 4.78 is 40.0. The SMILES string of the molecule is CCC(C)NC(=O)C(CC)N(Cc1ccc(Cl)cc1Cl)C(=O)CN(c1ccc(C)cc1)S(=O)(=O)c1ccc(OC)c(OC)c1.